The van der Waals surface area contributed by atoms with Crippen molar-refractivity contribution in [2.24, 2.45) is 0 Å². The fourth-order valence-corrected chi connectivity index (χ4v) is 5.30. The third kappa shape index (κ3) is 6.43. The number of nitrogens with one attached hydrogen (secondary N) is 3. The van der Waals surface area contributed by atoms with Crippen LogP contribution in [-0.4, -0.2) is 36.5 Å². The molecule has 0 spiro atoms. The number of benzene rings is 4. The van der Waals surface area contributed by atoms with Gasteiger partial charge in [0.1, 0.15) is 11.5 Å². The minimum Gasteiger partial charge on any atom is -0.508 e. The Bertz CT molecular complexity index is 1900. The number of fused-ring (bicyclic) bond motifs is 1. The highest BCUT2D eigenvalue weighted by Crippen LogP contribution is 2.31. The van der Waals surface area contributed by atoms with E-state index in [1.54, 1.807) is 36.4 Å². The van der Waals surface area contributed by atoms with Crippen LogP contribution in [0, 0.1) is 0 Å². The quantitative estimate of drug-likeness (QED) is 0.157. The smallest absolute Gasteiger partial charge is 0.263 e. The second kappa shape index (κ2) is 11.5. The van der Waals surface area contributed by atoms with Crippen LogP contribution in [0.5, 0.6) is 11.5 Å². The van der Waals surface area contributed by atoms with Crippen molar-refractivity contribution < 1.29 is 23.1 Å². The number of sulfonamides is 1. The molecule has 41 heavy (non-hydrogen) atoms. The van der Waals surface area contributed by atoms with E-state index in [1.807, 2.05) is 0 Å². The van der Waals surface area contributed by atoms with Crippen LogP contribution in [0.4, 0.5) is 23.0 Å². The van der Waals surface area contributed by atoms with E-state index in [-0.39, 0.29) is 38.6 Å². The number of nitrogens with zero attached hydrogens (tertiary/aromatic N) is 2. The predicted molar refractivity (Wildman–Crippen MR) is 159 cm³/mol. The zero-order valence-corrected chi connectivity index (χ0v) is 23.6. The maximum Gasteiger partial charge on any atom is 0.263 e. The number of aromatic nitrogens is 2. The topological polar surface area (TPSA) is 143 Å². The molecule has 0 bridgehead atoms. The summed E-state index contributed by atoms with van der Waals surface area (Å²) in [4.78, 5) is 21.6. The number of phenolic OH excluding ortho intramolecular Hbond substituents is 1. The normalized spacial score (nSPS) is 11.2. The summed E-state index contributed by atoms with van der Waals surface area (Å²) in [5.74, 6) is -0.262. The van der Waals surface area contributed by atoms with Crippen molar-refractivity contribution in [3.8, 4) is 11.5 Å². The number of para-hydroxylation sites is 2. The molecule has 0 radical (unpaired) electrons. The molecule has 13 heteroatoms. The van der Waals surface area contributed by atoms with Crippen LogP contribution in [-0.2, 0) is 10.0 Å². The predicted octanol–water partition coefficient (Wildman–Crippen LogP) is 6.45. The van der Waals surface area contributed by atoms with Gasteiger partial charge in [-0.15, -0.1) is 0 Å². The van der Waals surface area contributed by atoms with Gasteiger partial charge >= 0.3 is 0 Å². The highest BCUT2D eigenvalue weighted by Gasteiger charge is 2.21. The fraction of sp³-hybridized carbons (Fsp3) is 0.0357. The molecule has 0 atom stereocenters. The molecule has 0 aliphatic carbocycles. The first-order valence-electron chi connectivity index (χ1n) is 11.9. The number of hydrogen-bond donors (Lipinski definition) is 4. The summed E-state index contributed by atoms with van der Waals surface area (Å²) in [7, 11) is -2.77. The van der Waals surface area contributed by atoms with Gasteiger partial charge in [0.25, 0.3) is 15.9 Å². The average molecular weight is 610 g/mol. The van der Waals surface area contributed by atoms with Gasteiger partial charge in [-0.1, -0.05) is 41.4 Å². The Morgan fingerprint density at radius 2 is 1.59 bits per heavy atom. The number of methoxy groups -OCH3 is 1. The van der Waals surface area contributed by atoms with Crippen molar-refractivity contribution in [3.05, 3.63) is 101 Å². The van der Waals surface area contributed by atoms with Crippen LogP contribution in [0.1, 0.15) is 10.4 Å². The van der Waals surface area contributed by atoms with Crippen LogP contribution in [0.3, 0.4) is 0 Å². The van der Waals surface area contributed by atoms with E-state index in [0.717, 1.165) is 0 Å². The van der Waals surface area contributed by atoms with Gasteiger partial charge in [-0.3, -0.25) is 9.52 Å². The molecule has 4 N–H and O–H groups in total. The van der Waals surface area contributed by atoms with Crippen LogP contribution in [0.2, 0.25) is 10.0 Å². The van der Waals surface area contributed by atoms with E-state index in [0.29, 0.717) is 27.5 Å². The van der Waals surface area contributed by atoms with Crippen molar-refractivity contribution in [3.63, 3.8) is 0 Å². The zero-order valence-electron chi connectivity index (χ0n) is 21.2. The van der Waals surface area contributed by atoms with E-state index in [4.69, 9.17) is 27.9 Å². The molecule has 0 aliphatic heterocycles. The molecule has 0 saturated heterocycles. The van der Waals surface area contributed by atoms with Gasteiger partial charge < -0.3 is 20.5 Å². The molecular formula is C28H21Cl2N5O5S. The van der Waals surface area contributed by atoms with Gasteiger partial charge in [-0.05, 0) is 48.5 Å². The largest absolute Gasteiger partial charge is 0.508 e. The first kappa shape index (κ1) is 28.0. The minimum atomic E-state index is -4.22. The van der Waals surface area contributed by atoms with Crippen molar-refractivity contribution >= 4 is 73.2 Å². The summed E-state index contributed by atoms with van der Waals surface area (Å²) >= 11 is 12.1. The molecule has 4 aromatic carbocycles. The Kier molecular flexibility index (Phi) is 7.84. The summed E-state index contributed by atoms with van der Waals surface area (Å²) in [5.41, 5.74) is 1.69. The van der Waals surface area contributed by atoms with Crippen molar-refractivity contribution in [2.45, 2.75) is 4.90 Å². The van der Waals surface area contributed by atoms with E-state index < -0.39 is 15.9 Å². The number of halogens is 2. The number of carbonyl (C=O) groups excluding carboxylic acids is 1. The Hall–Kier alpha value is -4.58. The maximum atomic E-state index is 13.5. The molecule has 5 rings (SSSR count). The van der Waals surface area contributed by atoms with E-state index >= 15 is 0 Å². The lowest BCUT2D eigenvalue weighted by atomic mass is 10.2. The highest BCUT2D eigenvalue weighted by atomic mass is 35.5. The van der Waals surface area contributed by atoms with Gasteiger partial charge in [0.05, 0.1) is 33.6 Å². The number of anilines is 4. The molecule has 0 unspecified atom stereocenters. The Balaban J connectivity index is 1.47. The molecule has 0 saturated carbocycles. The highest BCUT2D eigenvalue weighted by molar-refractivity contribution is 7.92. The zero-order chi connectivity index (χ0) is 29.1. The number of carbonyl (C=O) groups is 1. The number of ether oxygens (including phenoxy) is 1. The molecule has 1 heterocycles. The molecule has 208 valence electrons. The standard InChI is InChI=1S/C28H21Cl2N5O5S/c1-40-20-13-18(12-19(36)15-20)31-26-27(34-25-8-3-2-7-24(25)33-26)35-41(38,39)21-6-4-5-17(14-21)32-28(37)22-11-16(29)9-10-23(22)30/h2-15,36H,1H3,(H,31,33)(H,32,37)(H,34,35). The molecule has 0 fully saturated rings. The molecule has 5 aromatic rings. The summed E-state index contributed by atoms with van der Waals surface area (Å²) in [6, 6.07) is 21.5. The van der Waals surface area contributed by atoms with Gasteiger partial charge in [0.15, 0.2) is 11.6 Å². The molecular weight excluding hydrogens is 589 g/mol. The Morgan fingerprint density at radius 1 is 0.854 bits per heavy atom. The average Bonchev–Trinajstić information content (AvgIpc) is 2.94. The number of hydrogen-bond acceptors (Lipinski definition) is 8. The van der Waals surface area contributed by atoms with Crippen molar-refractivity contribution in [1.82, 2.24) is 9.97 Å². The summed E-state index contributed by atoms with van der Waals surface area (Å²) in [6.45, 7) is 0. The summed E-state index contributed by atoms with van der Waals surface area (Å²) in [6.07, 6.45) is 0. The SMILES string of the molecule is COc1cc(O)cc(Nc2nc3ccccc3nc2NS(=O)(=O)c2cccc(NC(=O)c3cc(Cl)ccc3Cl)c2)c1. The number of amides is 1. The second-order valence-electron chi connectivity index (χ2n) is 8.67. The summed E-state index contributed by atoms with van der Waals surface area (Å²) in [5, 5.41) is 16.2. The maximum absolute atomic E-state index is 13.5. The minimum absolute atomic E-state index is 0.0688. The van der Waals surface area contributed by atoms with Crippen molar-refractivity contribution in [2.75, 3.05) is 22.5 Å². The van der Waals surface area contributed by atoms with Crippen LogP contribution in [0.15, 0.2) is 89.8 Å². The first-order valence-corrected chi connectivity index (χ1v) is 14.2. The van der Waals surface area contributed by atoms with E-state index in [2.05, 4.69) is 25.3 Å². The van der Waals surface area contributed by atoms with Gasteiger partial charge in [0, 0.05) is 34.6 Å². The lowest BCUT2D eigenvalue weighted by molar-refractivity contribution is 0.102. The van der Waals surface area contributed by atoms with Crippen molar-refractivity contribution in [1.29, 1.82) is 0 Å². The Labute approximate surface area is 245 Å². The monoisotopic (exact) mass is 609 g/mol. The fourth-order valence-electron chi connectivity index (χ4n) is 3.87. The molecule has 1 amide bonds. The number of aromatic hydroxyl groups is 1. The van der Waals surface area contributed by atoms with Gasteiger partial charge in [0.2, 0.25) is 0 Å². The molecule has 0 aliphatic rings. The lowest BCUT2D eigenvalue weighted by Gasteiger charge is -2.15. The van der Waals surface area contributed by atoms with E-state index in [9.17, 15) is 18.3 Å². The number of rotatable bonds is 8. The van der Waals surface area contributed by atoms with E-state index in [1.165, 1.54) is 55.6 Å². The molecule has 1 aromatic heterocycles. The number of phenols is 1. The Morgan fingerprint density at radius 3 is 2.32 bits per heavy atom. The molecule has 10 nitrogen and oxygen atoms in total. The first-order chi connectivity index (χ1) is 19.6. The van der Waals surface area contributed by atoms with Crippen LogP contribution < -0.4 is 20.1 Å². The van der Waals surface area contributed by atoms with Gasteiger partial charge in [-0.2, -0.15) is 0 Å². The lowest BCUT2D eigenvalue weighted by Crippen LogP contribution is -2.17. The van der Waals surface area contributed by atoms with Crippen LogP contribution in [0.25, 0.3) is 11.0 Å². The second-order valence-corrected chi connectivity index (χ2v) is 11.2. The van der Waals surface area contributed by atoms with Gasteiger partial charge in [-0.25, -0.2) is 18.4 Å². The summed E-state index contributed by atoms with van der Waals surface area (Å²) < 4.78 is 34.7. The third-order valence-corrected chi connectivity index (χ3v) is 7.67. The van der Waals surface area contributed by atoms with Crippen LogP contribution >= 0.6 is 23.2 Å². The third-order valence-electron chi connectivity index (χ3n) is 5.77.